The summed E-state index contributed by atoms with van der Waals surface area (Å²) in [5, 5.41) is 8.92. The number of amides is 1. The van der Waals surface area contributed by atoms with Crippen molar-refractivity contribution >= 4 is 32.5 Å². The second kappa shape index (κ2) is 6.46. The number of sulfonamides is 1. The van der Waals surface area contributed by atoms with Gasteiger partial charge < -0.3 is 9.88 Å². The van der Waals surface area contributed by atoms with E-state index in [2.05, 4.69) is 5.32 Å². The van der Waals surface area contributed by atoms with E-state index in [1.165, 1.54) is 24.3 Å². The van der Waals surface area contributed by atoms with Gasteiger partial charge in [-0.15, -0.1) is 0 Å². The molecule has 7 heteroatoms. The molecule has 1 aromatic heterocycles. The highest BCUT2D eigenvalue weighted by Crippen LogP contribution is 2.16. The second-order valence-corrected chi connectivity index (χ2v) is 7.00. The monoisotopic (exact) mass is 343 g/mol. The Morgan fingerprint density at radius 1 is 1.04 bits per heavy atom. The predicted molar refractivity (Wildman–Crippen MR) is 93.0 cm³/mol. The molecule has 0 bridgehead atoms. The molecule has 24 heavy (non-hydrogen) atoms. The Balaban J connectivity index is 1.62. The average Bonchev–Trinajstić information content (AvgIpc) is 2.96. The zero-order valence-electron chi connectivity index (χ0n) is 12.8. The first-order chi connectivity index (χ1) is 11.4. The van der Waals surface area contributed by atoms with Gasteiger partial charge in [0.15, 0.2) is 0 Å². The fourth-order valence-electron chi connectivity index (χ4n) is 2.51. The lowest BCUT2D eigenvalue weighted by Crippen LogP contribution is -2.15. The summed E-state index contributed by atoms with van der Waals surface area (Å²) < 4.78 is 24.4. The number of nitrogens with one attached hydrogen (secondary N) is 1. The smallest absolute Gasteiger partial charge is 0.238 e. The fraction of sp³-hybridized carbons (Fsp3) is 0.118. The summed E-state index contributed by atoms with van der Waals surface area (Å²) in [7, 11) is -3.72. The lowest BCUT2D eigenvalue weighted by Gasteiger charge is -2.08. The fourth-order valence-corrected chi connectivity index (χ4v) is 3.02. The standard InChI is InChI=1S/C17H17N3O3S/c18-24(22,23)15-7-5-14(6-8-15)19-17(21)10-12-20-11-9-13-3-1-2-4-16(13)20/h1-9,11H,10,12H2,(H,19,21)(H2,18,22,23). The van der Waals surface area contributed by atoms with E-state index in [1.54, 1.807) is 0 Å². The van der Waals surface area contributed by atoms with Gasteiger partial charge in [-0.05, 0) is 41.8 Å². The summed E-state index contributed by atoms with van der Waals surface area (Å²) in [4.78, 5) is 12.1. The molecule has 3 rings (SSSR count). The zero-order chi connectivity index (χ0) is 17.2. The molecule has 0 fully saturated rings. The van der Waals surface area contributed by atoms with Crippen LogP contribution in [0.25, 0.3) is 10.9 Å². The Morgan fingerprint density at radius 2 is 1.75 bits per heavy atom. The van der Waals surface area contributed by atoms with Crippen LogP contribution in [0.1, 0.15) is 6.42 Å². The van der Waals surface area contributed by atoms with E-state index in [9.17, 15) is 13.2 Å². The normalized spacial score (nSPS) is 11.5. The van der Waals surface area contributed by atoms with Gasteiger partial charge in [0.1, 0.15) is 0 Å². The highest BCUT2D eigenvalue weighted by Gasteiger charge is 2.08. The van der Waals surface area contributed by atoms with Crippen LogP contribution >= 0.6 is 0 Å². The molecule has 0 saturated heterocycles. The van der Waals surface area contributed by atoms with E-state index in [4.69, 9.17) is 5.14 Å². The van der Waals surface area contributed by atoms with E-state index in [1.807, 2.05) is 41.1 Å². The third-order valence-electron chi connectivity index (χ3n) is 3.73. The van der Waals surface area contributed by atoms with Crippen molar-refractivity contribution in [1.29, 1.82) is 0 Å². The summed E-state index contributed by atoms with van der Waals surface area (Å²) in [5.74, 6) is -0.142. The molecule has 0 atom stereocenters. The van der Waals surface area contributed by atoms with Crippen LogP contribution in [0.4, 0.5) is 5.69 Å². The molecule has 124 valence electrons. The van der Waals surface area contributed by atoms with Gasteiger partial charge in [-0.3, -0.25) is 4.79 Å². The lowest BCUT2D eigenvalue weighted by atomic mass is 10.2. The van der Waals surface area contributed by atoms with Crippen LogP contribution in [-0.4, -0.2) is 18.9 Å². The number of hydrogen-bond donors (Lipinski definition) is 2. The molecular weight excluding hydrogens is 326 g/mol. The van der Waals surface area contributed by atoms with E-state index < -0.39 is 10.0 Å². The van der Waals surface area contributed by atoms with Gasteiger partial charge in [0.05, 0.1) is 4.90 Å². The zero-order valence-corrected chi connectivity index (χ0v) is 13.7. The van der Waals surface area contributed by atoms with Crippen LogP contribution in [0.2, 0.25) is 0 Å². The van der Waals surface area contributed by atoms with Crippen molar-refractivity contribution < 1.29 is 13.2 Å². The number of rotatable bonds is 5. The van der Waals surface area contributed by atoms with E-state index in [-0.39, 0.29) is 10.8 Å². The van der Waals surface area contributed by atoms with Gasteiger partial charge in [-0.25, -0.2) is 13.6 Å². The number of primary sulfonamides is 1. The first kappa shape index (κ1) is 16.2. The van der Waals surface area contributed by atoms with Gasteiger partial charge in [-0.1, -0.05) is 18.2 Å². The summed E-state index contributed by atoms with van der Waals surface area (Å²) in [5.41, 5.74) is 1.62. The Kier molecular flexibility index (Phi) is 4.37. The Hall–Kier alpha value is -2.64. The number of aromatic nitrogens is 1. The molecule has 0 unspecified atom stereocenters. The van der Waals surface area contributed by atoms with Gasteiger partial charge in [0.2, 0.25) is 15.9 Å². The predicted octanol–water partition coefficient (Wildman–Crippen LogP) is 2.32. The molecule has 0 spiro atoms. The number of fused-ring (bicyclic) bond motifs is 1. The number of benzene rings is 2. The maximum Gasteiger partial charge on any atom is 0.238 e. The molecule has 3 N–H and O–H groups in total. The van der Waals surface area contributed by atoms with Crippen LogP contribution in [0.5, 0.6) is 0 Å². The topological polar surface area (TPSA) is 94.2 Å². The number of hydrogen-bond acceptors (Lipinski definition) is 3. The van der Waals surface area contributed by atoms with Gasteiger partial charge in [-0.2, -0.15) is 0 Å². The number of carbonyl (C=O) groups is 1. The molecule has 0 saturated carbocycles. The molecule has 0 radical (unpaired) electrons. The van der Waals surface area contributed by atoms with Crippen molar-refractivity contribution in [1.82, 2.24) is 4.57 Å². The van der Waals surface area contributed by atoms with Crippen LogP contribution in [0.3, 0.4) is 0 Å². The van der Waals surface area contributed by atoms with Crippen molar-refractivity contribution in [2.45, 2.75) is 17.9 Å². The van der Waals surface area contributed by atoms with Crippen molar-refractivity contribution in [3.05, 3.63) is 60.8 Å². The Morgan fingerprint density at radius 3 is 2.46 bits per heavy atom. The van der Waals surface area contributed by atoms with Crippen LogP contribution in [-0.2, 0) is 21.4 Å². The van der Waals surface area contributed by atoms with E-state index >= 15 is 0 Å². The molecule has 1 amide bonds. The highest BCUT2D eigenvalue weighted by atomic mass is 32.2. The van der Waals surface area contributed by atoms with Crippen molar-refractivity contribution in [3.8, 4) is 0 Å². The van der Waals surface area contributed by atoms with E-state index in [0.29, 0.717) is 18.7 Å². The molecule has 3 aromatic rings. The maximum absolute atomic E-state index is 12.1. The molecule has 6 nitrogen and oxygen atoms in total. The summed E-state index contributed by atoms with van der Waals surface area (Å²) in [6.45, 7) is 0.564. The van der Waals surface area contributed by atoms with Crippen LogP contribution in [0.15, 0.2) is 65.7 Å². The lowest BCUT2D eigenvalue weighted by molar-refractivity contribution is -0.116. The molecule has 0 aliphatic carbocycles. The minimum absolute atomic E-state index is 0.0132. The molecule has 2 aromatic carbocycles. The highest BCUT2D eigenvalue weighted by molar-refractivity contribution is 7.89. The Labute approximate surface area is 139 Å². The molecule has 0 aliphatic rings. The van der Waals surface area contributed by atoms with Crippen LogP contribution in [0, 0.1) is 0 Å². The summed E-state index contributed by atoms with van der Waals surface area (Å²) >= 11 is 0. The molecular formula is C17H17N3O3S. The van der Waals surface area contributed by atoms with Crippen molar-refractivity contribution in [2.75, 3.05) is 5.32 Å². The van der Waals surface area contributed by atoms with Crippen molar-refractivity contribution in [2.24, 2.45) is 5.14 Å². The average molecular weight is 343 g/mol. The number of aryl methyl sites for hydroxylation is 1. The summed E-state index contributed by atoms with van der Waals surface area (Å²) in [6.07, 6.45) is 2.27. The molecule has 1 heterocycles. The quantitative estimate of drug-likeness (QED) is 0.744. The van der Waals surface area contributed by atoms with E-state index in [0.717, 1.165) is 10.9 Å². The largest absolute Gasteiger partial charge is 0.347 e. The van der Waals surface area contributed by atoms with Gasteiger partial charge in [0, 0.05) is 30.4 Å². The van der Waals surface area contributed by atoms with Crippen molar-refractivity contribution in [3.63, 3.8) is 0 Å². The first-order valence-corrected chi connectivity index (χ1v) is 8.95. The van der Waals surface area contributed by atoms with Gasteiger partial charge in [0.25, 0.3) is 0 Å². The van der Waals surface area contributed by atoms with Crippen LogP contribution < -0.4 is 10.5 Å². The SMILES string of the molecule is NS(=O)(=O)c1ccc(NC(=O)CCn2ccc3ccccc32)cc1. The third-order valence-corrected chi connectivity index (χ3v) is 4.66. The number of para-hydroxylation sites is 1. The molecule has 0 aliphatic heterocycles. The first-order valence-electron chi connectivity index (χ1n) is 7.40. The third kappa shape index (κ3) is 3.64. The maximum atomic E-state index is 12.1. The van der Waals surface area contributed by atoms with Gasteiger partial charge >= 0.3 is 0 Å². The summed E-state index contributed by atoms with van der Waals surface area (Å²) in [6, 6.07) is 15.8. The second-order valence-electron chi connectivity index (χ2n) is 5.44. The minimum Gasteiger partial charge on any atom is -0.347 e. The minimum atomic E-state index is -3.72. The number of carbonyl (C=O) groups excluding carboxylic acids is 1. The Bertz CT molecular complexity index is 976. The number of nitrogens with zero attached hydrogens (tertiary/aromatic N) is 1. The number of nitrogens with two attached hydrogens (primary N) is 1. The number of anilines is 1.